The lowest BCUT2D eigenvalue weighted by molar-refractivity contribution is -0.155. The maximum atomic E-state index is 12.2. The van der Waals surface area contributed by atoms with E-state index in [4.69, 9.17) is 9.47 Å². The van der Waals surface area contributed by atoms with Crippen LogP contribution in [0.25, 0.3) is 0 Å². The number of esters is 1. The number of piperidine rings is 1. The Kier molecular flexibility index (Phi) is 6.04. The number of likely N-dealkylation sites (tertiary alicyclic amines) is 1. The molecule has 2 heterocycles. The van der Waals surface area contributed by atoms with Gasteiger partial charge in [0.15, 0.2) is 0 Å². The second-order valence-electron chi connectivity index (χ2n) is 6.27. The van der Waals surface area contributed by atoms with Crippen LogP contribution in [0.1, 0.15) is 39.5 Å². The molecule has 0 aliphatic carbocycles. The van der Waals surface area contributed by atoms with E-state index in [2.05, 4.69) is 5.32 Å². The van der Waals surface area contributed by atoms with Crippen LogP contribution in [0.15, 0.2) is 0 Å². The van der Waals surface area contributed by atoms with Crippen molar-refractivity contribution in [1.29, 1.82) is 0 Å². The number of hydrogen-bond acceptors (Lipinski definition) is 6. The van der Waals surface area contributed by atoms with Gasteiger partial charge in [0.2, 0.25) is 5.91 Å². The zero-order valence-corrected chi connectivity index (χ0v) is 14.2. The molecule has 8 nitrogen and oxygen atoms in total. The number of hydrogen-bond donors (Lipinski definition) is 2. The summed E-state index contributed by atoms with van der Waals surface area (Å²) in [6, 6.07) is 0. The minimum absolute atomic E-state index is 0.183. The number of nitrogens with zero attached hydrogens (tertiary/aromatic N) is 1. The number of carbonyl (C=O) groups excluding carboxylic acids is 3. The van der Waals surface area contributed by atoms with Gasteiger partial charge >= 0.3 is 12.1 Å². The molecule has 8 heteroatoms. The monoisotopic (exact) mass is 342 g/mol. The van der Waals surface area contributed by atoms with Crippen molar-refractivity contribution >= 4 is 18.0 Å². The van der Waals surface area contributed by atoms with Crippen LogP contribution in [-0.4, -0.2) is 65.9 Å². The minimum Gasteiger partial charge on any atom is -0.466 e. The van der Waals surface area contributed by atoms with E-state index in [1.807, 2.05) is 6.92 Å². The van der Waals surface area contributed by atoms with Crippen LogP contribution < -0.4 is 5.32 Å². The third-order valence-corrected chi connectivity index (χ3v) is 4.73. The van der Waals surface area contributed by atoms with Crippen LogP contribution in [0.5, 0.6) is 0 Å². The van der Waals surface area contributed by atoms with E-state index in [0.717, 1.165) is 12.8 Å². The molecule has 0 aromatic heterocycles. The molecular formula is C16H26N2O6. The number of carbonyl (C=O) groups is 3. The summed E-state index contributed by atoms with van der Waals surface area (Å²) in [6.07, 6.45) is 0.727. The van der Waals surface area contributed by atoms with Crippen molar-refractivity contribution in [3.63, 3.8) is 0 Å². The van der Waals surface area contributed by atoms with E-state index in [1.54, 1.807) is 11.8 Å². The normalized spacial score (nSPS) is 25.5. The molecule has 1 spiro atoms. The second kappa shape index (κ2) is 7.83. The SMILES string of the molecule is CCCCOC(=O)N1CCC2(CC1)NC(=O)[C@H](O)[C@@H]2C(=O)OCC. The van der Waals surface area contributed by atoms with Gasteiger partial charge in [-0.25, -0.2) is 4.79 Å². The molecular weight excluding hydrogens is 316 g/mol. The van der Waals surface area contributed by atoms with Gasteiger partial charge in [0.05, 0.1) is 18.8 Å². The molecule has 0 bridgehead atoms. The van der Waals surface area contributed by atoms with Gasteiger partial charge in [-0.2, -0.15) is 0 Å². The van der Waals surface area contributed by atoms with Crippen LogP contribution in [-0.2, 0) is 19.1 Å². The first-order valence-electron chi connectivity index (χ1n) is 8.53. The van der Waals surface area contributed by atoms with E-state index >= 15 is 0 Å². The lowest BCUT2D eigenvalue weighted by Gasteiger charge is -2.41. The summed E-state index contributed by atoms with van der Waals surface area (Å²) in [5, 5.41) is 12.8. The van der Waals surface area contributed by atoms with E-state index in [-0.39, 0.29) is 12.7 Å². The largest absolute Gasteiger partial charge is 0.466 e. The third kappa shape index (κ3) is 3.63. The average Bonchev–Trinajstić information content (AvgIpc) is 2.79. The number of rotatable bonds is 5. The Morgan fingerprint density at radius 2 is 1.96 bits per heavy atom. The first-order chi connectivity index (χ1) is 11.4. The number of unbranched alkanes of at least 4 members (excludes halogenated alkanes) is 1. The van der Waals surface area contributed by atoms with Crippen LogP contribution in [0.3, 0.4) is 0 Å². The standard InChI is InChI=1S/C16H26N2O6/c1-3-5-10-24-15(22)18-8-6-16(7-9-18)11(14(21)23-4-2)12(19)13(20)17-16/h11-12,19H,3-10H2,1-2H3,(H,17,20)/t11-,12-/m1/s1. The lowest BCUT2D eigenvalue weighted by Crippen LogP contribution is -2.57. The molecule has 136 valence electrons. The molecule has 0 unspecified atom stereocenters. The quantitative estimate of drug-likeness (QED) is 0.554. The Labute approximate surface area is 141 Å². The maximum absolute atomic E-state index is 12.2. The lowest BCUT2D eigenvalue weighted by atomic mass is 9.77. The molecule has 2 amide bonds. The summed E-state index contributed by atoms with van der Waals surface area (Å²) in [4.78, 5) is 37.6. The van der Waals surface area contributed by atoms with Gasteiger partial charge in [-0.1, -0.05) is 13.3 Å². The number of aliphatic hydroxyl groups is 1. The van der Waals surface area contributed by atoms with Crippen molar-refractivity contribution in [2.45, 2.75) is 51.2 Å². The smallest absolute Gasteiger partial charge is 0.409 e. The number of amides is 2. The van der Waals surface area contributed by atoms with Crippen molar-refractivity contribution in [3.05, 3.63) is 0 Å². The van der Waals surface area contributed by atoms with Crippen LogP contribution in [0.2, 0.25) is 0 Å². The van der Waals surface area contributed by atoms with Gasteiger partial charge in [0.25, 0.3) is 0 Å². The number of ether oxygens (including phenoxy) is 2. The second-order valence-corrected chi connectivity index (χ2v) is 6.27. The summed E-state index contributed by atoms with van der Waals surface area (Å²) < 4.78 is 10.2. The fourth-order valence-electron chi connectivity index (χ4n) is 3.36. The first kappa shape index (κ1) is 18.5. The number of nitrogens with one attached hydrogen (secondary N) is 1. The zero-order valence-electron chi connectivity index (χ0n) is 14.2. The predicted octanol–water partition coefficient (Wildman–Crippen LogP) is 0.428. The highest BCUT2D eigenvalue weighted by Crippen LogP contribution is 2.37. The molecule has 2 fully saturated rings. The van der Waals surface area contributed by atoms with Gasteiger partial charge in [-0.3, -0.25) is 9.59 Å². The molecule has 2 aliphatic rings. The molecule has 24 heavy (non-hydrogen) atoms. The van der Waals surface area contributed by atoms with E-state index in [1.165, 1.54) is 0 Å². The highest BCUT2D eigenvalue weighted by molar-refractivity contribution is 5.92. The van der Waals surface area contributed by atoms with Crippen molar-refractivity contribution in [1.82, 2.24) is 10.2 Å². The highest BCUT2D eigenvalue weighted by atomic mass is 16.6. The Morgan fingerprint density at radius 3 is 2.54 bits per heavy atom. The molecule has 0 aromatic rings. The molecule has 2 atom stereocenters. The molecule has 0 saturated carbocycles. The van der Waals surface area contributed by atoms with Gasteiger partial charge in [0.1, 0.15) is 12.0 Å². The summed E-state index contributed by atoms with van der Waals surface area (Å²) in [5.74, 6) is -2.09. The molecule has 0 radical (unpaired) electrons. The van der Waals surface area contributed by atoms with E-state index in [9.17, 15) is 19.5 Å². The topological polar surface area (TPSA) is 105 Å². The van der Waals surface area contributed by atoms with Crippen molar-refractivity contribution in [2.75, 3.05) is 26.3 Å². The molecule has 2 aliphatic heterocycles. The minimum atomic E-state index is -1.41. The van der Waals surface area contributed by atoms with Gasteiger partial charge in [-0.05, 0) is 26.2 Å². The summed E-state index contributed by atoms with van der Waals surface area (Å²) in [6.45, 7) is 4.97. The first-order valence-corrected chi connectivity index (χ1v) is 8.53. The maximum Gasteiger partial charge on any atom is 0.409 e. The average molecular weight is 342 g/mol. The van der Waals surface area contributed by atoms with Crippen LogP contribution in [0.4, 0.5) is 4.79 Å². The molecule has 2 N–H and O–H groups in total. The van der Waals surface area contributed by atoms with Crippen molar-refractivity contribution < 1.29 is 29.0 Å². The van der Waals surface area contributed by atoms with Crippen LogP contribution in [0, 0.1) is 5.92 Å². The molecule has 2 saturated heterocycles. The summed E-state index contributed by atoms with van der Waals surface area (Å²) in [7, 11) is 0. The Hall–Kier alpha value is -1.83. The summed E-state index contributed by atoms with van der Waals surface area (Å²) in [5.41, 5.74) is -0.858. The molecule has 0 aromatic carbocycles. The number of aliphatic hydroxyl groups excluding tert-OH is 1. The Morgan fingerprint density at radius 1 is 1.29 bits per heavy atom. The van der Waals surface area contributed by atoms with Gasteiger partial charge in [0, 0.05) is 13.1 Å². The highest BCUT2D eigenvalue weighted by Gasteiger charge is 2.58. The van der Waals surface area contributed by atoms with Crippen LogP contribution >= 0.6 is 0 Å². The Balaban J connectivity index is 2.00. The zero-order chi connectivity index (χ0) is 17.7. The van der Waals surface area contributed by atoms with Crippen molar-refractivity contribution in [2.24, 2.45) is 5.92 Å². The third-order valence-electron chi connectivity index (χ3n) is 4.73. The van der Waals surface area contributed by atoms with Gasteiger partial charge < -0.3 is 24.8 Å². The predicted molar refractivity (Wildman–Crippen MR) is 84.1 cm³/mol. The van der Waals surface area contributed by atoms with Crippen molar-refractivity contribution in [3.8, 4) is 0 Å². The summed E-state index contributed by atoms with van der Waals surface area (Å²) >= 11 is 0. The van der Waals surface area contributed by atoms with Gasteiger partial charge in [-0.15, -0.1) is 0 Å². The fraction of sp³-hybridized carbons (Fsp3) is 0.812. The van der Waals surface area contributed by atoms with E-state index in [0.29, 0.717) is 32.5 Å². The van der Waals surface area contributed by atoms with E-state index < -0.39 is 29.4 Å². The molecule has 2 rings (SSSR count). The fourth-order valence-corrected chi connectivity index (χ4v) is 3.36. The Bertz CT molecular complexity index is 487.